The molecule has 0 atom stereocenters. The second-order valence-corrected chi connectivity index (χ2v) is 3.92. The van der Waals surface area contributed by atoms with Crippen LogP contribution in [-0.4, -0.2) is 4.98 Å². The molecule has 0 spiro atoms. The van der Waals surface area contributed by atoms with Gasteiger partial charge >= 0.3 is 66.3 Å². The standard InChI is InChI=1S/C5H3BrN.ClH.Zn/c6-5-2-1-3-7-4-5;;/h1,3-4H;1H;/q;;+1/p-1. The van der Waals surface area contributed by atoms with Crippen LogP contribution in [0.4, 0.5) is 0 Å². The molecule has 0 saturated heterocycles. The van der Waals surface area contributed by atoms with Crippen LogP contribution in [0.1, 0.15) is 0 Å². The summed E-state index contributed by atoms with van der Waals surface area (Å²) >= 11 is 4.55. The van der Waals surface area contributed by atoms with Gasteiger partial charge in [-0.2, -0.15) is 0 Å². The molecule has 1 nitrogen and oxygen atoms in total. The van der Waals surface area contributed by atoms with Crippen molar-refractivity contribution in [3.63, 3.8) is 0 Å². The summed E-state index contributed by atoms with van der Waals surface area (Å²) in [6.07, 6.45) is 3.63. The Hall–Kier alpha value is 0.543. The van der Waals surface area contributed by atoms with E-state index in [-0.39, 0.29) is 12.4 Å². The van der Waals surface area contributed by atoms with Crippen molar-refractivity contribution >= 4 is 20.1 Å². The Morgan fingerprint density at radius 1 is 1.56 bits per heavy atom. The first kappa shape index (κ1) is 9.54. The van der Waals surface area contributed by atoms with E-state index in [1.807, 2.05) is 18.5 Å². The minimum atomic E-state index is 0. The second kappa shape index (κ2) is 4.37. The topological polar surface area (TPSA) is 12.9 Å². The fourth-order valence-corrected chi connectivity index (χ4v) is 1.07. The van der Waals surface area contributed by atoms with Gasteiger partial charge in [0.25, 0.3) is 0 Å². The molecular weight excluding hydrogens is 255 g/mol. The Balaban J connectivity index is 0.000000640. The van der Waals surface area contributed by atoms with Gasteiger partial charge < -0.3 is 12.4 Å². The maximum atomic E-state index is 3.92. The number of halogens is 2. The van der Waals surface area contributed by atoms with Crippen molar-refractivity contribution in [1.82, 2.24) is 4.98 Å². The van der Waals surface area contributed by atoms with E-state index in [1.54, 1.807) is 0 Å². The maximum absolute atomic E-state index is 3.92. The Labute approximate surface area is 78.5 Å². The fourth-order valence-electron chi connectivity index (χ4n) is 0.404. The summed E-state index contributed by atoms with van der Waals surface area (Å²) in [6.45, 7) is 0. The van der Waals surface area contributed by atoms with Gasteiger partial charge in [-0.3, -0.25) is 0 Å². The van der Waals surface area contributed by atoms with Crippen molar-refractivity contribution in [3.05, 3.63) is 22.9 Å². The third kappa shape index (κ3) is 2.75. The molecule has 0 bridgehead atoms. The van der Waals surface area contributed by atoms with E-state index >= 15 is 0 Å². The van der Waals surface area contributed by atoms with Gasteiger partial charge in [0.05, 0.1) is 0 Å². The van der Waals surface area contributed by atoms with Gasteiger partial charge in [0.15, 0.2) is 0 Å². The molecule has 0 aliphatic carbocycles. The average molecular weight is 258 g/mol. The molecule has 0 radical (unpaired) electrons. The van der Waals surface area contributed by atoms with Gasteiger partial charge in [-0.15, -0.1) is 0 Å². The van der Waals surface area contributed by atoms with E-state index in [0.717, 1.165) is 4.47 Å². The van der Waals surface area contributed by atoms with E-state index in [4.69, 9.17) is 0 Å². The Morgan fingerprint density at radius 3 is 2.56 bits per heavy atom. The predicted octanol–water partition coefficient (Wildman–Crippen LogP) is -1.98. The Kier molecular flexibility index (Phi) is 4.64. The molecule has 4 heteroatoms. The molecule has 0 saturated carbocycles. The van der Waals surface area contributed by atoms with Gasteiger partial charge in [0.2, 0.25) is 0 Å². The summed E-state index contributed by atoms with van der Waals surface area (Å²) in [4.78, 5) is 3.92. The molecule has 0 fully saturated rings. The van der Waals surface area contributed by atoms with Crippen LogP contribution in [0.5, 0.6) is 0 Å². The number of hydrogen-bond donors (Lipinski definition) is 0. The molecule has 0 N–H and O–H groups in total. The van der Waals surface area contributed by atoms with Crippen molar-refractivity contribution in [2.75, 3.05) is 0 Å². The van der Waals surface area contributed by atoms with Crippen LogP contribution < -0.4 is 16.6 Å². The summed E-state index contributed by atoms with van der Waals surface area (Å²) in [6, 6.07) is 2.02. The van der Waals surface area contributed by atoms with Crippen molar-refractivity contribution < 1.29 is 30.7 Å². The number of nitrogens with zero attached hydrogens (tertiary/aromatic N) is 1. The zero-order valence-electron chi connectivity index (χ0n) is 4.64. The first-order chi connectivity index (χ1) is 3.80. The SMILES string of the molecule is [Cl-].[Zn+][c]1ccncc1Br. The zero-order chi connectivity index (χ0) is 5.98. The van der Waals surface area contributed by atoms with Crippen molar-refractivity contribution in [1.29, 1.82) is 0 Å². The molecular formula is C5H3BrClNZn. The van der Waals surface area contributed by atoms with E-state index in [0.29, 0.717) is 0 Å². The molecule has 1 aromatic rings. The molecule has 1 heterocycles. The minimum absolute atomic E-state index is 0. The zero-order valence-corrected chi connectivity index (χ0v) is 9.95. The van der Waals surface area contributed by atoms with Gasteiger partial charge in [0.1, 0.15) is 0 Å². The molecule has 1 aromatic heterocycles. The van der Waals surface area contributed by atoms with Crippen LogP contribution >= 0.6 is 15.9 Å². The summed E-state index contributed by atoms with van der Waals surface area (Å²) < 4.78 is 2.47. The number of hydrogen-bond acceptors (Lipinski definition) is 1. The second-order valence-electron chi connectivity index (χ2n) is 1.47. The van der Waals surface area contributed by atoms with Gasteiger partial charge in [-0.05, 0) is 0 Å². The Morgan fingerprint density at radius 2 is 2.22 bits per heavy atom. The van der Waals surface area contributed by atoms with E-state index in [1.165, 1.54) is 22.5 Å². The summed E-state index contributed by atoms with van der Waals surface area (Å²) in [7, 11) is 0. The van der Waals surface area contributed by atoms with Gasteiger partial charge in [0, 0.05) is 0 Å². The molecule has 0 aliphatic heterocycles. The van der Waals surface area contributed by atoms with Crippen LogP contribution in [-0.2, 0) is 18.3 Å². The van der Waals surface area contributed by atoms with Crippen LogP contribution in [0.25, 0.3) is 0 Å². The first-order valence-corrected chi connectivity index (χ1v) is 4.50. The summed E-state index contributed by atoms with van der Waals surface area (Å²) in [5, 5.41) is 0. The number of aromatic nitrogens is 1. The first-order valence-electron chi connectivity index (χ1n) is 2.22. The van der Waals surface area contributed by atoms with Gasteiger partial charge in [-0.25, -0.2) is 0 Å². The van der Waals surface area contributed by atoms with E-state index in [9.17, 15) is 0 Å². The molecule has 44 valence electrons. The van der Waals surface area contributed by atoms with E-state index < -0.39 is 0 Å². The van der Waals surface area contributed by atoms with Crippen LogP contribution in [0.3, 0.4) is 0 Å². The monoisotopic (exact) mass is 255 g/mol. The summed E-state index contributed by atoms with van der Waals surface area (Å²) in [5.41, 5.74) is 0. The van der Waals surface area contributed by atoms with Crippen LogP contribution in [0.2, 0.25) is 0 Å². The van der Waals surface area contributed by atoms with E-state index in [2.05, 4.69) is 20.9 Å². The predicted molar refractivity (Wildman–Crippen MR) is 31.6 cm³/mol. The third-order valence-corrected chi connectivity index (χ3v) is 3.95. The molecule has 0 amide bonds. The Bertz CT molecular complexity index is 173. The molecule has 0 aromatic carbocycles. The fraction of sp³-hybridized carbons (Fsp3) is 0. The van der Waals surface area contributed by atoms with Gasteiger partial charge in [-0.1, -0.05) is 0 Å². The third-order valence-electron chi connectivity index (χ3n) is 0.856. The molecule has 9 heavy (non-hydrogen) atoms. The number of rotatable bonds is 0. The molecule has 1 rings (SSSR count). The van der Waals surface area contributed by atoms with Crippen LogP contribution in [0, 0.1) is 0 Å². The normalized spacial score (nSPS) is 8.33. The number of pyridine rings is 1. The molecule has 0 aliphatic rings. The average Bonchev–Trinajstić information content (AvgIpc) is 1.77. The quantitative estimate of drug-likeness (QED) is 0.491. The van der Waals surface area contributed by atoms with Crippen molar-refractivity contribution in [2.45, 2.75) is 0 Å². The van der Waals surface area contributed by atoms with Crippen LogP contribution in [0.15, 0.2) is 22.9 Å². The van der Waals surface area contributed by atoms with Crippen molar-refractivity contribution in [2.24, 2.45) is 0 Å². The summed E-state index contributed by atoms with van der Waals surface area (Å²) in [5.74, 6) is 0. The van der Waals surface area contributed by atoms with Crippen molar-refractivity contribution in [3.8, 4) is 0 Å². The molecule has 0 unspecified atom stereocenters.